The molecule has 2 aromatic rings. The maximum atomic E-state index is 12.6. The molecule has 1 aliphatic heterocycles. The van der Waals surface area contributed by atoms with Crippen LogP contribution in [0.5, 0.6) is 0 Å². The summed E-state index contributed by atoms with van der Waals surface area (Å²) in [6.07, 6.45) is 2.98. The second-order valence-electron chi connectivity index (χ2n) is 4.86. The molecular formula is C13H14N4O3. The number of carboxylic acid groups (broad SMARTS) is 1. The van der Waals surface area contributed by atoms with Crippen LogP contribution in [-0.4, -0.2) is 49.1 Å². The number of carbonyl (C=O) groups is 2. The normalized spacial score (nSPS) is 18.6. The van der Waals surface area contributed by atoms with Gasteiger partial charge in [0.1, 0.15) is 11.9 Å². The quantitative estimate of drug-likeness (QED) is 0.872. The van der Waals surface area contributed by atoms with Gasteiger partial charge in [0.15, 0.2) is 5.65 Å². The molecule has 104 valence electrons. The lowest BCUT2D eigenvalue weighted by molar-refractivity contribution is -0.141. The monoisotopic (exact) mass is 274 g/mol. The highest BCUT2D eigenvalue weighted by Crippen LogP contribution is 2.22. The van der Waals surface area contributed by atoms with Crippen molar-refractivity contribution < 1.29 is 14.7 Å². The molecule has 0 radical (unpaired) electrons. The van der Waals surface area contributed by atoms with Crippen LogP contribution in [0.4, 0.5) is 0 Å². The Kier molecular flexibility index (Phi) is 2.89. The van der Waals surface area contributed by atoms with E-state index >= 15 is 0 Å². The summed E-state index contributed by atoms with van der Waals surface area (Å²) in [4.78, 5) is 25.2. The van der Waals surface area contributed by atoms with Crippen molar-refractivity contribution in [2.45, 2.75) is 25.8 Å². The number of nitrogens with zero attached hydrogens (tertiary/aromatic N) is 4. The van der Waals surface area contributed by atoms with E-state index in [1.54, 1.807) is 29.7 Å². The molecule has 0 aromatic carbocycles. The van der Waals surface area contributed by atoms with E-state index < -0.39 is 12.0 Å². The molecule has 1 unspecified atom stereocenters. The minimum Gasteiger partial charge on any atom is -0.480 e. The fraction of sp³-hybridized carbons (Fsp3) is 0.385. The lowest BCUT2D eigenvalue weighted by atomic mass is 10.2. The number of likely N-dealkylation sites (tertiary alicyclic amines) is 1. The molecule has 1 saturated heterocycles. The molecular weight excluding hydrogens is 260 g/mol. The third-order valence-electron chi connectivity index (χ3n) is 3.63. The molecule has 1 amide bonds. The first-order chi connectivity index (χ1) is 9.59. The van der Waals surface area contributed by atoms with E-state index in [-0.39, 0.29) is 5.91 Å². The summed E-state index contributed by atoms with van der Waals surface area (Å²) in [5, 5.41) is 17.1. The van der Waals surface area contributed by atoms with Gasteiger partial charge in [-0.2, -0.15) is 0 Å². The Morgan fingerprint density at radius 3 is 2.95 bits per heavy atom. The summed E-state index contributed by atoms with van der Waals surface area (Å²) in [5.74, 6) is -0.570. The largest absolute Gasteiger partial charge is 0.480 e. The average Bonchev–Trinajstić information content (AvgIpc) is 3.05. The van der Waals surface area contributed by atoms with Gasteiger partial charge in [0.2, 0.25) is 0 Å². The predicted molar refractivity (Wildman–Crippen MR) is 69.4 cm³/mol. The summed E-state index contributed by atoms with van der Waals surface area (Å²) in [5.41, 5.74) is 0.854. The van der Waals surface area contributed by atoms with Crippen LogP contribution >= 0.6 is 0 Å². The second kappa shape index (κ2) is 4.59. The minimum atomic E-state index is -0.958. The minimum absolute atomic E-state index is 0.298. The number of hydrogen-bond acceptors (Lipinski definition) is 4. The van der Waals surface area contributed by atoms with Crippen LogP contribution in [0.3, 0.4) is 0 Å². The molecule has 7 heteroatoms. The van der Waals surface area contributed by atoms with Gasteiger partial charge in [0, 0.05) is 12.7 Å². The van der Waals surface area contributed by atoms with E-state index in [0.29, 0.717) is 36.4 Å². The number of aromatic nitrogens is 3. The third-order valence-corrected chi connectivity index (χ3v) is 3.63. The summed E-state index contributed by atoms with van der Waals surface area (Å²) >= 11 is 0. The van der Waals surface area contributed by atoms with Crippen molar-refractivity contribution in [3.8, 4) is 0 Å². The molecule has 3 heterocycles. The Hall–Kier alpha value is -2.44. The number of rotatable bonds is 2. The van der Waals surface area contributed by atoms with Gasteiger partial charge in [-0.25, -0.2) is 4.79 Å². The smallest absolute Gasteiger partial charge is 0.326 e. The number of carbonyl (C=O) groups excluding carboxylic acids is 1. The molecule has 0 bridgehead atoms. The molecule has 0 spiro atoms. The molecule has 2 aromatic heterocycles. The van der Waals surface area contributed by atoms with Crippen LogP contribution in [0.1, 0.15) is 29.0 Å². The summed E-state index contributed by atoms with van der Waals surface area (Å²) in [6.45, 7) is 2.26. The van der Waals surface area contributed by atoms with Crippen molar-refractivity contribution in [3.63, 3.8) is 0 Å². The lowest BCUT2D eigenvalue weighted by Crippen LogP contribution is -2.40. The van der Waals surface area contributed by atoms with Crippen molar-refractivity contribution in [3.05, 3.63) is 29.7 Å². The standard InChI is InChI=1S/C13H14N4O3/c1-8-14-15-11-9(4-2-6-16(8)11)12(18)17-7-3-5-10(17)13(19)20/h2,4,6,10H,3,5,7H2,1H3,(H,19,20). The Bertz CT molecular complexity index is 694. The molecule has 20 heavy (non-hydrogen) atoms. The Labute approximate surface area is 114 Å². The van der Waals surface area contributed by atoms with Gasteiger partial charge in [-0.05, 0) is 31.9 Å². The van der Waals surface area contributed by atoms with E-state index in [1.165, 1.54) is 4.90 Å². The zero-order valence-electron chi connectivity index (χ0n) is 11.0. The highest BCUT2D eigenvalue weighted by Gasteiger charge is 2.35. The number of amides is 1. The van der Waals surface area contributed by atoms with Gasteiger partial charge < -0.3 is 10.0 Å². The SMILES string of the molecule is Cc1nnc2c(C(=O)N3CCCC3C(=O)O)cccn12. The fourth-order valence-corrected chi connectivity index (χ4v) is 2.62. The van der Waals surface area contributed by atoms with Gasteiger partial charge in [0.25, 0.3) is 5.91 Å². The van der Waals surface area contributed by atoms with Gasteiger partial charge in [-0.15, -0.1) is 10.2 Å². The van der Waals surface area contributed by atoms with Crippen LogP contribution in [0.15, 0.2) is 18.3 Å². The first-order valence-corrected chi connectivity index (χ1v) is 6.43. The average molecular weight is 274 g/mol. The van der Waals surface area contributed by atoms with Gasteiger partial charge in [-0.3, -0.25) is 9.20 Å². The van der Waals surface area contributed by atoms with Crippen LogP contribution < -0.4 is 0 Å². The van der Waals surface area contributed by atoms with E-state index in [9.17, 15) is 9.59 Å². The van der Waals surface area contributed by atoms with Crippen molar-refractivity contribution >= 4 is 17.5 Å². The highest BCUT2D eigenvalue weighted by molar-refractivity contribution is 6.01. The molecule has 1 aliphatic rings. The summed E-state index contributed by atoms with van der Waals surface area (Å²) in [7, 11) is 0. The molecule has 0 saturated carbocycles. The number of aryl methyl sites for hydroxylation is 1. The van der Waals surface area contributed by atoms with Crippen molar-refractivity contribution in [1.82, 2.24) is 19.5 Å². The van der Waals surface area contributed by atoms with E-state index in [4.69, 9.17) is 5.11 Å². The van der Waals surface area contributed by atoms with Crippen molar-refractivity contribution in [2.24, 2.45) is 0 Å². The van der Waals surface area contributed by atoms with Crippen LogP contribution in [0.2, 0.25) is 0 Å². The lowest BCUT2D eigenvalue weighted by Gasteiger charge is -2.21. The number of carboxylic acids is 1. The summed E-state index contributed by atoms with van der Waals surface area (Å²) in [6, 6.07) is 2.65. The number of hydrogen-bond donors (Lipinski definition) is 1. The highest BCUT2D eigenvalue weighted by atomic mass is 16.4. The van der Waals surface area contributed by atoms with Crippen LogP contribution in [-0.2, 0) is 4.79 Å². The Balaban J connectivity index is 2.02. The number of fused-ring (bicyclic) bond motifs is 1. The second-order valence-corrected chi connectivity index (χ2v) is 4.86. The van der Waals surface area contributed by atoms with E-state index in [1.807, 2.05) is 0 Å². The zero-order valence-corrected chi connectivity index (χ0v) is 11.0. The molecule has 1 atom stereocenters. The van der Waals surface area contributed by atoms with Crippen LogP contribution in [0, 0.1) is 6.92 Å². The summed E-state index contributed by atoms with van der Waals surface area (Å²) < 4.78 is 1.72. The maximum Gasteiger partial charge on any atom is 0.326 e. The number of pyridine rings is 1. The van der Waals surface area contributed by atoms with E-state index in [0.717, 1.165) is 0 Å². The van der Waals surface area contributed by atoms with Gasteiger partial charge in [0.05, 0.1) is 5.56 Å². The molecule has 1 N–H and O–H groups in total. The zero-order chi connectivity index (χ0) is 14.3. The number of aliphatic carboxylic acids is 1. The van der Waals surface area contributed by atoms with Gasteiger partial charge in [-0.1, -0.05) is 0 Å². The van der Waals surface area contributed by atoms with Crippen molar-refractivity contribution in [1.29, 1.82) is 0 Å². The van der Waals surface area contributed by atoms with Gasteiger partial charge >= 0.3 is 5.97 Å². The molecule has 1 fully saturated rings. The van der Waals surface area contributed by atoms with E-state index in [2.05, 4.69) is 10.2 Å². The Morgan fingerprint density at radius 2 is 2.20 bits per heavy atom. The Morgan fingerprint density at radius 1 is 1.40 bits per heavy atom. The molecule has 7 nitrogen and oxygen atoms in total. The third kappa shape index (κ3) is 1.82. The first kappa shape index (κ1) is 12.6. The predicted octanol–water partition coefficient (Wildman–Crippen LogP) is 0.727. The molecule has 0 aliphatic carbocycles. The fourth-order valence-electron chi connectivity index (χ4n) is 2.62. The van der Waals surface area contributed by atoms with Crippen LogP contribution in [0.25, 0.3) is 5.65 Å². The topological polar surface area (TPSA) is 87.8 Å². The molecule has 3 rings (SSSR count). The maximum absolute atomic E-state index is 12.6. The first-order valence-electron chi connectivity index (χ1n) is 6.43. The van der Waals surface area contributed by atoms with Crippen molar-refractivity contribution in [2.75, 3.05) is 6.54 Å².